The maximum absolute atomic E-state index is 4.34. The van der Waals surface area contributed by atoms with E-state index in [9.17, 15) is 0 Å². The lowest BCUT2D eigenvalue weighted by Gasteiger charge is -2.16. The molecule has 1 aliphatic rings. The summed E-state index contributed by atoms with van der Waals surface area (Å²) >= 11 is 1.80. The Morgan fingerprint density at radius 3 is 2.93 bits per heavy atom. The van der Waals surface area contributed by atoms with E-state index < -0.39 is 0 Å². The van der Waals surface area contributed by atoms with Crippen LogP contribution in [0.1, 0.15) is 49.2 Å². The maximum atomic E-state index is 4.34. The number of aromatic nitrogens is 1. The van der Waals surface area contributed by atoms with Gasteiger partial charge in [0.1, 0.15) is 0 Å². The standard InChI is InChI=1S/C12H20N2S/c1-3-13-11(7-6-10-4-5-10)12-9(2)14-8-15-12/h8,10-11,13H,3-7H2,1-2H3. The number of rotatable bonds is 6. The molecule has 84 valence electrons. The first-order valence-corrected chi connectivity index (χ1v) is 6.82. The van der Waals surface area contributed by atoms with Gasteiger partial charge in [-0.2, -0.15) is 0 Å². The zero-order valence-electron chi connectivity index (χ0n) is 9.62. The smallest absolute Gasteiger partial charge is 0.0798 e. The van der Waals surface area contributed by atoms with Crippen molar-refractivity contribution < 1.29 is 0 Å². The molecular weight excluding hydrogens is 204 g/mol. The molecular formula is C12H20N2S. The minimum atomic E-state index is 0.545. The van der Waals surface area contributed by atoms with Crippen LogP contribution in [0.25, 0.3) is 0 Å². The van der Waals surface area contributed by atoms with Gasteiger partial charge >= 0.3 is 0 Å². The zero-order valence-corrected chi connectivity index (χ0v) is 10.4. The Hall–Kier alpha value is -0.410. The number of hydrogen-bond donors (Lipinski definition) is 1. The van der Waals surface area contributed by atoms with E-state index >= 15 is 0 Å². The van der Waals surface area contributed by atoms with Crippen molar-refractivity contribution in [3.05, 3.63) is 16.1 Å². The van der Waals surface area contributed by atoms with Crippen LogP contribution in [0.4, 0.5) is 0 Å². The molecule has 0 aliphatic heterocycles. The van der Waals surface area contributed by atoms with Gasteiger partial charge in [0.25, 0.3) is 0 Å². The predicted octanol–water partition coefficient (Wildman–Crippen LogP) is 3.29. The molecule has 0 saturated heterocycles. The lowest BCUT2D eigenvalue weighted by molar-refractivity contribution is 0.485. The number of nitrogens with one attached hydrogen (secondary N) is 1. The molecule has 1 atom stereocenters. The molecule has 0 aromatic carbocycles. The molecule has 1 heterocycles. The van der Waals surface area contributed by atoms with Crippen molar-refractivity contribution in [3.8, 4) is 0 Å². The normalized spacial score (nSPS) is 18.0. The van der Waals surface area contributed by atoms with Gasteiger partial charge in [-0.3, -0.25) is 0 Å². The first-order valence-electron chi connectivity index (χ1n) is 5.94. The topological polar surface area (TPSA) is 24.9 Å². The van der Waals surface area contributed by atoms with Crippen molar-refractivity contribution in [1.29, 1.82) is 0 Å². The molecule has 1 N–H and O–H groups in total. The van der Waals surface area contributed by atoms with Gasteiger partial charge in [0.15, 0.2) is 0 Å². The summed E-state index contributed by atoms with van der Waals surface area (Å²) in [7, 11) is 0. The number of nitrogens with zero attached hydrogens (tertiary/aromatic N) is 1. The third-order valence-corrected chi connectivity index (χ3v) is 4.15. The quantitative estimate of drug-likeness (QED) is 0.802. The van der Waals surface area contributed by atoms with Crippen LogP contribution in [-0.2, 0) is 0 Å². The molecule has 3 heteroatoms. The van der Waals surface area contributed by atoms with Gasteiger partial charge < -0.3 is 5.32 Å². The second-order valence-corrected chi connectivity index (χ2v) is 5.32. The molecule has 1 aliphatic carbocycles. The van der Waals surface area contributed by atoms with E-state index in [1.165, 1.54) is 36.3 Å². The molecule has 1 aromatic rings. The van der Waals surface area contributed by atoms with Gasteiger partial charge in [0.05, 0.1) is 11.2 Å². The van der Waals surface area contributed by atoms with Crippen LogP contribution in [0, 0.1) is 12.8 Å². The molecule has 0 amide bonds. The lowest BCUT2D eigenvalue weighted by Crippen LogP contribution is -2.20. The summed E-state index contributed by atoms with van der Waals surface area (Å²) in [4.78, 5) is 5.78. The lowest BCUT2D eigenvalue weighted by atomic mass is 10.1. The Morgan fingerprint density at radius 2 is 2.40 bits per heavy atom. The molecule has 15 heavy (non-hydrogen) atoms. The molecule has 1 saturated carbocycles. The second-order valence-electron chi connectivity index (χ2n) is 4.43. The van der Waals surface area contributed by atoms with Crippen molar-refractivity contribution in [1.82, 2.24) is 10.3 Å². The van der Waals surface area contributed by atoms with Gasteiger partial charge in [-0.15, -0.1) is 11.3 Å². The highest BCUT2D eigenvalue weighted by Gasteiger charge is 2.23. The molecule has 0 spiro atoms. The summed E-state index contributed by atoms with van der Waals surface area (Å²) in [5.74, 6) is 1.03. The Labute approximate surface area is 96.1 Å². The average Bonchev–Trinajstić information content (AvgIpc) is 2.96. The van der Waals surface area contributed by atoms with Crippen LogP contribution in [0.2, 0.25) is 0 Å². The Kier molecular flexibility index (Phi) is 3.76. The van der Waals surface area contributed by atoms with E-state index in [0.717, 1.165) is 12.5 Å². The Morgan fingerprint density at radius 1 is 1.60 bits per heavy atom. The SMILES string of the molecule is CCNC(CCC1CC1)c1scnc1C. The predicted molar refractivity (Wildman–Crippen MR) is 65.2 cm³/mol. The summed E-state index contributed by atoms with van der Waals surface area (Å²) in [6.07, 6.45) is 5.58. The summed E-state index contributed by atoms with van der Waals surface area (Å²) in [6.45, 7) is 5.35. The van der Waals surface area contributed by atoms with Crippen molar-refractivity contribution in [2.75, 3.05) is 6.54 Å². The Bertz CT molecular complexity index is 304. The number of thiazole rings is 1. The van der Waals surface area contributed by atoms with Gasteiger partial charge in [0.2, 0.25) is 0 Å². The monoisotopic (exact) mass is 224 g/mol. The molecule has 0 bridgehead atoms. The first-order chi connectivity index (χ1) is 7.31. The zero-order chi connectivity index (χ0) is 10.7. The second kappa shape index (κ2) is 5.08. The van der Waals surface area contributed by atoms with Gasteiger partial charge in [-0.1, -0.05) is 19.8 Å². The number of hydrogen-bond acceptors (Lipinski definition) is 3. The number of aryl methyl sites for hydroxylation is 1. The molecule has 2 rings (SSSR count). The van der Waals surface area contributed by atoms with Gasteiger partial charge in [-0.05, 0) is 32.2 Å². The van der Waals surface area contributed by atoms with Crippen molar-refractivity contribution in [2.24, 2.45) is 5.92 Å². The first kappa shape index (κ1) is 11.1. The van der Waals surface area contributed by atoms with Crippen molar-refractivity contribution >= 4 is 11.3 Å². The summed E-state index contributed by atoms with van der Waals surface area (Å²) < 4.78 is 0. The fraction of sp³-hybridized carbons (Fsp3) is 0.750. The van der Waals surface area contributed by atoms with E-state index in [2.05, 4.69) is 24.1 Å². The van der Waals surface area contributed by atoms with E-state index in [1.54, 1.807) is 11.3 Å². The van der Waals surface area contributed by atoms with Crippen LogP contribution in [-0.4, -0.2) is 11.5 Å². The molecule has 0 radical (unpaired) electrons. The molecule has 1 unspecified atom stereocenters. The van der Waals surface area contributed by atoms with Gasteiger partial charge in [0, 0.05) is 10.9 Å². The molecule has 1 aromatic heterocycles. The highest BCUT2D eigenvalue weighted by atomic mass is 32.1. The third-order valence-electron chi connectivity index (χ3n) is 3.11. The van der Waals surface area contributed by atoms with Gasteiger partial charge in [-0.25, -0.2) is 4.98 Å². The Balaban J connectivity index is 1.94. The van der Waals surface area contributed by atoms with Crippen molar-refractivity contribution in [3.63, 3.8) is 0 Å². The van der Waals surface area contributed by atoms with E-state index in [0.29, 0.717) is 6.04 Å². The highest BCUT2D eigenvalue weighted by Crippen LogP contribution is 2.36. The molecule has 1 fully saturated rings. The third kappa shape index (κ3) is 3.02. The van der Waals surface area contributed by atoms with Crippen LogP contribution in [0.15, 0.2) is 5.51 Å². The van der Waals surface area contributed by atoms with Crippen molar-refractivity contribution in [2.45, 2.75) is 45.6 Å². The minimum absolute atomic E-state index is 0.545. The summed E-state index contributed by atoms with van der Waals surface area (Å²) in [5.41, 5.74) is 3.17. The minimum Gasteiger partial charge on any atom is -0.309 e. The summed E-state index contributed by atoms with van der Waals surface area (Å²) in [5, 5.41) is 3.58. The van der Waals surface area contributed by atoms with Crippen LogP contribution >= 0.6 is 11.3 Å². The largest absolute Gasteiger partial charge is 0.309 e. The fourth-order valence-electron chi connectivity index (χ4n) is 2.03. The summed E-state index contributed by atoms with van der Waals surface area (Å²) in [6, 6.07) is 0.545. The highest BCUT2D eigenvalue weighted by molar-refractivity contribution is 7.09. The van der Waals surface area contributed by atoms with E-state index in [1.807, 2.05) is 5.51 Å². The van der Waals surface area contributed by atoms with Crippen LogP contribution in [0.3, 0.4) is 0 Å². The molecule has 2 nitrogen and oxygen atoms in total. The van der Waals surface area contributed by atoms with E-state index in [-0.39, 0.29) is 0 Å². The maximum Gasteiger partial charge on any atom is 0.0798 e. The van der Waals surface area contributed by atoms with Crippen LogP contribution < -0.4 is 5.32 Å². The van der Waals surface area contributed by atoms with Crippen LogP contribution in [0.5, 0.6) is 0 Å². The fourth-order valence-corrected chi connectivity index (χ4v) is 2.94. The average molecular weight is 224 g/mol. The van der Waals surface area contributed by atoms with E-state index in [4.69, 9.17) is 0 Å².